The fourth-order valence-electron chi connectivity index (χ4n) is 2.47. The number of piperidine rings is 1. The van der Waals surface area contributed by atoms with E-state index in [0.717, 1.165) is 18.7 Å². The SMILES string of the molecule is Clc1ccc2c(C3CCNCC3)c[nH]c2n1. The second kappa shape index (κ2) is 4.07. The van der Waals surface area contributed by atoms with Gasteiger partial charge in [0.15, 0.2) is 0 Å². The molecule has 2 aromatic heterocycles. The van der Waals surface area contributed by atoms with E-state index in [4.69, 9.17) is 11.6 Å². The van der Waals surface area contributed by atoms with Crippen molar-refractivity contribution in [1.29, 1.82) is 0 Å². The van der Waals surface area contributed by atoms with Gasteiger partial charge in [-0.25, -0.2) is 4.98 Å². The summed E-state index contributed by atoms with van der Waals surface area (Å²) < 4.78 is 0. The lowest BCUT2D eigenvalue weighted by Gasteiger charge is -2.22. The molecule has 0 spiro atoms. The maximum Gasteiger partial charge on any atom is 0.139 e. The summed E-state index contributed by atoms with van der Waals surface area (Å²) in [5, 5.41) is 5.15. The molecule has 1 saturated heterocycles. The first kappa shape index (κ1) is 10.1. The van der Waals surface area contributed by atoms with Gasteiger partial charge in [0.25, 0.3) is 0 Å². The highest BCUT2D eigenvalue weighted by Crippen LogP contribution is 2.31. The van der Waals surface area contributed by atoms with Crippen molar-refractivity contribution in [3.8, 4) is 0 Å². The summed E-state index contributed by atoms with van der Waals surface area (Å²) in [5.41, 5.74) is 2.29. The second-order valence-electron chi connectivity index (χ2n) is 4.30. The maximum absolute atomic E-state index is 5.87. The Balaban J connectivity index is 2.03. The normalized spacial score (nSPS) is 18.1. The van der Waals surface area contributed by atoms with Gasteiger partial charge in [-0.15, -0.1) is 0 Å². The van der Waals surface area contributed by atoms with Crippen LogP contribution in [0, 0.1) is 0 Å². The minimum absolute atomic E-state index is 0.547. The van der Waals surface area contributed by atoms with Crippen molar-refractivity contribution in [2.45, 2.75) is 18.8 Å². The first-order valence-corrected chi connectivity index (χ1v) is 6.06. The van der Waals surface area contributed by atoms with Crippen LogP contribution in [0.25, 0.3) is 11.0 Å². The highest BCUT2D eigenvalue weighted by atomic mass is 35.5. The van der Waals surface area contributed by atoms with Crippen LogP contribution in [0.4, 0.5) is 0 Å². The standard InChI is InChI=1S/C12H14ClN3/c13-11-2-1-9-10(7-15-12(9)16-11)8-3-5-14-6-4-8/h1-2,7-8,14H,3-6H2,(H,15,16). The van der Waals surface area contributed by atoms with Crippen molar-refractivity contribution in [1.82, 2.24) is 15.3 Å². The van der Waals surface area contributed by atoms with E-state index >= 15 is 0 Å². The van der Waals surface area contributed by atoms with Gasteiger partial charge in [0.2, 0.25) is 0 Å². The Kier molecular flexibility index (Phi) is 2.58. The fourth-order valence-corrected chi connectivity index (χ4v) is 2.62. The van der Waals surface area contributed by atoms with Gasteiger partial charge in [-0.3, -0.25) is 0 Å². The molecule has 3 heterocycles. The molecule has 0 bridgehead atoms. The molecule has 1 fully saturated rings. The quantitative estimate of drug-likeness (QED) is 0.747. The van der Waals surface area contributed by atoms with Crippen molar-refractivity contribution in [2.75, 3.05) is 13.1 Å². The number of aromatic amines is 1. The Morgan fingerprint density at radius 1 is 1.25 bits per heavy atom. The number of pyridine rings is 1. The topological polar surface area (TPSA) is 40.7 Å². The lowest BCUT2D eigenvalue weighted by molar-refractivity contribution is 0.462. The number of rotatable bonds is 1. The molecular formula is C12H14ClN3. The smallest absolute Gasteiger partial charge is 0.139 e. The van der Waals surface area contributed by atoms with E-state index in [1.807, 2.05) is 6.07 Å². The van der Waals surface area contributed by atoms with E-state index < -0.39 is 0 Å². The lowest BCUT2D eigenvalue weighted by Crippen LogP contribution is -2.26. The van der Waals surface area contributed by atoms with Gasteiger partial charge in [0, 0.05) is 11.6 Å². The molecule has 84 valence electrons. The van der Waals surface area contributed by atoms with Crippen LogP contribution >= 0.6 is 11.6 Å². The van der Waals surface area contributed by atoms with Crippen LogP contribution in [0.3, 0.4) is 0 Å². The first-order chi connectivity index (χ1) is 7.84. The molecule has 0 amide bonds. The summed E-state index contributed by atoms with van der Waals surface area (Å²) in [6, 6.07) is 3.93. The van der Waals surface area contributed by atoms with Crippen molar-refractivity contribution in [2.24, 2.45) is 0 Å². The molecule has 0 radical (unpaired) electrons. The van der Waals surface area contributed by atoms with Crippen LogP contribution in [0.5, 0.6) is 0 Å². The van der Waals surface area contributed by atoms with Gasteiger partial charge < -0.3 is 10.3 Å². The summed E-state index contributed by atoms with van der Waals surface area (Å²) in [5.74, 6) is 0.651. The molecule has 3 rings (SSSR count). The zero-order chi connectivity index (χ0) is 11.0. The van der Waals surface area contributed by atoms with E-state index in [2.05, 4.69) is 27.5 Å². The Hall–Kier alpha value is -1.06. The summed E-state index contributed by atoms with van der Waals surface area (Å²) in [6.07, 6.45) is 4.50. The van der Waals surface area contributed by atoms with Crippen molar-refractivity contribution < 1.29 is 0 Å². The maximum atomic E-state index is 5.87. The third-order valence-electron chi connectivity index (χ3n) is 3.32. The minimum Gasteiger partial charge on any atom is -0.346 e. The molecule has 2 N–H and O–H groups in total. The fraction of sp³-hybridized carbons (Fsp3) is 0.417. The third-order valence-corrected chi connectivity index (χ3v) is 3.53. The number of fused-ring (bicyclic) bond motifs is 1. The Bertz CT molecular complexity index is 500. The molecule has 0 aliphatic carbocycles. The number of hydrogen-bond acceptors (Lipinski definition) is 2. The van der Waals surface area contributed by atoms with Crippen molar-refractivity contribution in [3.63, 3.8) is 0 Å². The Morgan fingerprint density at radius 3 is 2.88 bits per heavy atom. The van der Waals surface area contributed by atoms with Crippen molar-refractivity contribution >= 4 is 22.6 Å². The van der Waals surface area contributed by atoms with Crippen LogP contribution in [0.15, 0.2) is 18.3 Å². The molecule has 1 aliphatic rings. The van der Waals surface area contributed by atoms with Crippen LogP contribution in [0.1, 0.15) is 24.3 Å². The number of nitrogens with zero attached hydrogens (tertiary/aromatic N) is 1. The summed E-state index contributed by atoms with van der Waals surface area (Å²) in [4.78, 5) is 7.50. The van der Waals surface area contributed by atoms with E-state index in [0.29, 0.717) is 11.1 Å². The number of H-pyrrole nitrogens is 1. The molecule has 4 heteroatoms. The molecule has 1 aliphatic heterocycles. The zero-order valence-electron chi connectivity index (χ0n) is 8.96. The Labute approximate surface area is 99.2 Å². The third kappa shape index (κ3) is 1.70. The van der Waals surface area contributed by atoms with E-state index in [-0.39, 0.29) is 0 Å². The van der Waals surface area contributed by atoms with Gasteiger partial charge in [0.05, 0.1) is 0 Å². The van der Waals surface area contributed by atoms with Gasteiger partial charge in [-0.2, -0.15) is 0 Å². The molecule has 0 saturated carbocycles. The highest BCUT2D eigenvalue weighted by Gasteiger charge is 2.18. The molecule has 0 aromatic carbocycles. The summed E-state index contributed by atoms with van der Waals surface area (Å²) in [7, 11) is 0. The van der Waals surface area contributed by atoms with Crippen LogP contribution in [-0.2, 0) is 0 Å². The largest absolute Gasteiger partial charge is 0.346 e. The number of aromatic nitrogens is 2. The molecule has 16 heavy (non-hydrogen) atoms. The van der Waals surface area contributed by atoms with Crippen LogP contribution < -0.4 is 5.32 Å². The zero-order valence-corrected chi connectivity index (χ0v) is 9.72. The highest BCUT2D eigenvalue weighted by molar-refractivity contribution is 6.29. The molecule has 2 aromatic rings. The Morgan fingerprint density at radius 2 is 2.06 bits per heavy atom. The van der Waals surface area contributed by atoms with E-state index in [1.54, 1.807) is 0 Å². The lowest BCUT2D eigenvalue weighted by atomic mass is 9.90. The van der Waals surface area contributed by atoms with Gasteiger partial charge in [-0.05, 0) is 49.5 Å². The molecule has 0 atom stereocenters. The number of halogens is 1. The minimum atomic E-state index is 0.547. The second-order valence-corrected chi connectivity index (χ2v) is 4.69. The van der Waals surface area contributed by atoms with E-state index in [1.165, 1.54) is 23.8 Å². The molecular weight excluding hydrogens is 222 g/mol. The first-order valence-electron chi connectivity index (χ1n) is 5.69. The monoisotopic (exact) mass is 235 g/mol. The predicted octanol–water partition coefficient (Wildman–Crippen LogP) is 2.68. The van der Waals surface area contributed by atoms with Crippen LogP contribution in [-0.4, -0.2) is 23.1 Å². The van der Waals surface area contributed by atoms with Crippen molar-refractivity contribution in [3.05, 3.63) is 29.0 Å². The van der Waals surface area contributed by atoms with Crippen LogP contribution in [0.2, 0.25) is 5.15 Å². The number of nitrogens with one attached hydrogen (secondary N) is 2. The summed E-state index contributed by atoms with van der Waals surface area (Å²) >= 11 is 5.87. The van der Waals surface area contributed by atoms with Gasteiger partial charge >= 0.3 is 0 Å². The molecule has 0 unspecified atom stereocenters. The van der Waals surface area contributed by atoms with Gasteiger partial charge in [0.1, 0.15) is 10.8 Å². The predicted molar refractivity (Wildman–Crippen MR) is 65.9 cm³/mol. The van der Waals surface area contributed by atoms with Gasteiger partial charge in [-0.1, -0.05) is 11.6 Å². The van der Waals surface area contributed by atoms with E-state index in [9.17, 15) is 0 Å². The average molecular weight is 236 g/mol. The molecule has 3 nitrogen and oxygen atoms in total. The summed E-state index contributed by atoms with van der Waals surface area (Å²) in [6.45, 7) is 2.22. The average Bonchev–Trinajstić information content (AvgIpc) is 2.73. The number of hydrogen-bond donors (Lipinski definition) is 2.